The number of rotatable bonds is 4. The minimum atomic E-state index is -1.30. The van der Waals surface area contributed by atoms with Crippen molar-refractivity contribution in [3.63, 3.8) is 0 Å². The molecule has 3 rings (SSSR count). The van der Waals surface area contributed by atoms with Crippen LogP contribution in [0.3, 0.4) is 0 Å². The van der Waals surface area contributed by atoms with Crippen LogP contribution >= 0.6 is 34.8 Å². The summed E-state index contributed by atoms with van der Waals surface area (Å²) in [4.78, 5) is 4.70. The number of halogens is 3. The summed E-state index contributed by atoms with van der Waals surface area (Å²) >= 11 is 18.7. The first-order valence-corrected chi connectivity index (χ1v) is 8.41. The quantitative estimate of drug-likeness (QED) is 0.531. The van der Waals surface area contributed by atoms with Crippen LogP contribution in [0.5, 0.6) is 0 Å². The highest BCUT2D eigenvalue weighted by Gasteiger charge is 2.44. The van der Waals surface area contributed by atoms with Gasteiger partial charge in [-0.3, -0.25) is 0 Å². The van der Waals surface area contributed by atoms with Crippen LogP contribution in [-0.2, 0) is 9.57 Å². The number of aliphatic hydroxyl groups excluding tert-OH is 3. The Balaban J connectivity index is 2.23. The third kappa shape index (κ3) is 3.10. The average molecular weight is 410 g/mol. The second kappa shape index (κ2) is 7.28. The fraction of sp³-hybridized carbons (Fsp3) is 0.400. The third-order valence-corrected chi connectivity index (χ3v) is 5.19. The first kappa shape index (κ1) is 18.7. The molecule has 1 saturated heterocycles. The zero-order chi connectivity index (χ0) is 18.3. The van der Waals surface area contributed by atoms with E-state index < -0.39 is 31.1 Å². The van der Waals surface area contributed by atoms with Gasteiger partial charge in [-0.2, -0.15) is 0 Å². The van der Waals surface area contributed by atoms with Gasteiger partial charge in [-0.25, -0.2) is 0 Å². The van der Waals surface area contributed by atoms with Gasteiger partial charge in [0, 0.05) is 10.9 Å². The largest absolute Gasteiger partial charge is 0.399 e. The molecule has 1 aliphatic heterocycles. The molecule has 2 aromatic rings. The van der Waals surface area contributed by atoms with E-state index in [4.69, 9.17) is 44.4 Å². The Kier molecular flexibility index (Phi) is 5.45. The second-order valence-corrected chi connectivity index (χ2v) is 6.68. The molecule has 0 saturated carbocycles. The van der Waals surface area contributed by atoms with Crippen LogP contribution in [0.2, 0.25) is 15.2 Å². The van der Waals surface area contributed by atoms with Crippen molar-refractivity contribution >= 4 is 51.9 Å². The van der Waals surface area contributed by atoms with Gasteiger partial charge in [-0.15, -0.1) is 0 Å². The molecule has 4 atom stereocenters. The van der Waals surface area contributed by atoms with E-state index in [1.807, 2.05) is 0 Å². The van der Waals surface area contributed by atoms with Gasteiger partial charge in [0.2, 0.25) is 0 Å². The monoisotopic (exact) mass is 408 g/mol. The van der Waals surface area contributed by atoms with Crippen LogP contribution in [0.4, 0.5) is 0 Å². The Labute approximate surface area is 157 Å². The summed E-state index contributed by atoms with van der Waals surface area (Å²) in [5, 5.41) is 34.7. The molecule has 25 heavy (non-hydrogen) atoms. The van der Waals surface area contributed by atoms with E-state index >= 15 is 0 Å². The maximum absolute atomic E-state index is 10.3. The van der Waals surface area contributed by atoms with Crippen molar-refractivity contribution in [2.45, 2.75) is 24.5 Å². The van der Waals surface area contributed by atoms with E-state index in [0.29, 0.717) is 21.5 Å². The second-order valence-electron chi connectivity index (χ2n) is 5.50. The minimum Gasteiger partial charge on any atom is -0.399 e. The molecule has 0 bridgehead atoms. The highest BCUT2D eigenvalue weighted by atomic mass is 35.5. The van der Waals surface area contributed by atoms with Gasteiger partial charge in [0.15, 0.2) is 6.23 Å². The summed E-state index contributed by atoms with van der Waals surface area (Å²) in [6.45, 7) is -0.448. The number of hydrogen-bond acceptors (Lipinski definition) is 6. The fourth-order valence-electron chi connectivity index (χ4n) is 2.87. The molecule has 0 aliphatic carbocycles. The van der Waals surface area contributed by atoms with Crippen molar-refractivity contribution in [2.75, 3.05) is 13.7 Å². The summed E-state index contributed by atoms with van der Waals surface area (Å²) in [5.41, 5.74) is 1.00. The molecule has 2 heterocycles. The lowest BCUT2D eigenvalue weighted by molar-refractivity contribution is -0.0505. The van der Waals surface area contributed by atoms with Gasteiger partial charge in [-0.05, 0) is 12.1 Å². The number of hydrogen-bond donors (Lipinski definition) is 3. The number of fused-ring (bicyclic) bond motifs is 1. The van der Waals surface area contributed by atoms with Gasteiger partial charge < -0.3 is 29.5 Å². The van der Waals surface area contributed by atoms with Gasteiger partial charge in [0.1, 0.15) is 30.6 Å². The lowest BCUT2D eigenvalue weighted by Gasteiger charge is -2.19. The Morgan fingerprint density at radius 1 is 1.24 bits per heavy atom. The molecular weight excluding hydrogens is 395 g/mol. The highest BCUT2D eigenvalue weighted by Crippen LogP contribution is 2.40. The topological polar surface area (TPSA) is 96.4 Å². The molecule has 1 aliphatic rings. The van der Waals surface area contributed by atoms with Gasteiger partial charge in [0.25, 0.3) is 0 Å². The first-order valence-electron chi connectivity index (χ1n) is 7.28. The zero-order valence-electron chi connectivity index (χ0n) is 12.9. The highest BCUT2D eigenvalue weighted by molar-refractivity contribution is 6.43. The first-order chi connectivity index (χ1) is 11.9. The molecule has 1 unspecified atom stereocenters. The number of benzene rings is 1. The van der Waals surface area contributed by atoms with Crippen molar-refractivity contribution in [1.29, 1.82) is 0 Å². The Morgan fingerprint density at radius 2 is 1.92 bits per heavy atom. The predicted octanol–water partition coefficient (Wildman–Crippen LogP) is 2.19. The zero-order valence-corrected chi connectivity index (χ0v) is 15.2. The molecule has 0 spiro atoms. The summed E-state index contributed by atoms with van der Waals surface area (Å²) in [6.07, 6.45) is -3.13. The van der Waals surface area contributed by atoms with Gasteiger partial charge in [-0.1, -0.05) is 40.0 Å². The number of aromatic nitrogens is 1. The van der Waals surface area contributed by atoms with Crippen molar-refractivity contribution in [3.8, 4) is 0 Å². The normalized spacial score (nSPS) is 26.8. The van der Waals surface area contributed by atoms with Gasteiger partial charge in [0.05, 0.1) is 28.4 Å². The summed E-state index contributed by atoms with van der Waals surface area (Å²) in [7, 11) is 1.39. The van der Waals surface area contributed by atoms with Crippen molar-refractivity contribution in [3.05, 3.63) is 32.9 Å². The van der Waals surface area contributed by atoms with Crippen molar-refractivity contribution in [1.82, 2.24) is 4.57 Å². The molecule has 7 nitrogen and oxygen atoms in total. The smallest absolute Gasteiger partial charge is 0.164 e. The third-order valence-electron chi connectivity index (χ3n) is 4.08. The van der Waals surface area contributed by atoms with Crippen LogP contribution in [0.1, 0.15) is 11.8 Å². The molecule has 1 aromatic heterocycles. The summed E-state index contributed by atoms with van der Waals surface area (Å²) in [6, 6.07) is 3.18. The van der Waals surface area contributed by atoms with E-state index in [1.165, 1.54) is 17.9 Å². The van der Waals surface area contributed by atoms with E-state index in [2.05, 4.69) is 5.16 Å². The Morgan fingerprint density at radius 3 is 2.52 bits per heavy atom. The maximum Gasteiger partial charge on any atom is 0.164 e. The SMILES string of the molecule is CO/N=C/c1c(Cl)n(C2O[C@H](CO)[C@@H](O)[C@H]2O)c2cc(Cl)c(Cl)cc12. The van der Waals surface area contributed by atoms with Crippen LogP contribution < -0.4 is 0 Å². The van der Waals surface area contributed by atoms with E-state index in [0.717, 1.165) is 0 Å². The fourth-order valence-corrected chi connectivity index (χ4v) is 3.53. The number of nitrogens with zero attached hydrogens (tertiary/aromatic N) is 2. The average Bonchev–Trinajstić information content (AvgIpc) is 3.01. The molecule has 1 fully saturated rings. The molecule has 10 heteroatoms. The van der Waals surface area contributed by atoms with Crippen molar-refractivity contribution in [2.24, 2.45) is 5.16 Å². The molecule has 1 aromatic carbocycles. The van der Waals surface area contributed by atoms with E-state index in [9.17, 15) is 15.3 Å². The molecule has 136 valence electrons. The lowest BCUT2D eigenvalue weighted by Crippen LogP contribution is -2.33. The molecule has 3 N–H and O–H groups in total. The Hall–Kier alpha value is -1.06. The number of ether oxygens (including phenoxy) is 1. The van der Waals surface area contributed by atoms with Crippen molar-refractivity contribution < 1.29 is 24.9 Å². The van der Waals surface area contributed by atoms with Crippen LogP contribution in [0, 0.1) is 0 Å². The molecular formula is C15H15Cl3N2O5. The van der Waals surface area contributed by atoms with E-state index in [1.54, 1.807) is 12.1 Å². The number of aliphatic hydroxyl groups is 3. The van der Waals surface area contributed by atoms with E-state index in [-0.39, 0.29) is 10.2 Å². The lowest BCUT2D eigenvalue weighted by atomic mass is 10.1. The van der Waals surface area contributed by atoms with Gasteiger partial charge >= 0.3 is 0 Å². The Bertz CT molecular complexity index is 825. The number of oxime groups is 1. The molecule has 0 amide bonds. The van der Waals surface area contributed by atoms with Crippen LogP contribution in [-0.4, -0.2) is 58.1 Å². The van der Waals surface area contributed by atoms with Crippen LogP contribution in [0.25, 0.3) is 10.9 Å². The standard InChI is InChI=1S/C15H15Cl3N2O5/c1-24-19-4-7-6-2-8(16)9(17)3-10(6)20(14(7)18)15-13(23)12(22)11(5-21)25-15/h2-4,11-13,15,21-23H,5H2,1H3/b19-4+/t11-,12-,13-,15?/m1/s1. The summed E-state index contributed by atoms with van der Waals surface area (Å²) in [5.74, 6) is 0. The summed E-state index contributed by atoms with van der Waals surface area (Å²) < 4.78 is 7.05. The molecule has 0 radical (unpaired) electrons. The van der Waals surface area contributed by atoms with Crippen LogP contribution in [0.15, 0.2) is 17.3 Å². The predicted molar refractivity (Wildman–Crippen MR) is 94.6 cm³/mol. The minimum absolute atomic E-state index is 0.184. The maximum atomic E-state index is 10.3.